The first kappa shape index (κ1) is 12.3. The molecule has 88 valence electrons. The smallest absolute Gasteiger partial charge is 0.192 e. The van der Waals surface area contributed by atoms with E-state index in [1.54, 1.807) is 12.3 Å². The summed E-state index contributed by atoms with van der Waals surface area (Å²) in [5.74, 6) is -0.352. The van der Waals surface area contributed by atoms with Gasteiger partial charge in [-0.2, -0.15) is 0 Å². The van der Waals surface area contributed by atoms with Gasteiger partial charge in [-0.25, -0.2) is 14.4 Å². The fraction of sp³-hybridized carbons (Fsp3) is 0.0909. The van der Waals surface area contributed by atoms with E-state index in [2.05, 4.69) is 25.9 Å². The first-order chi connectivity index (χ1) is 8.06. The number of nitrogen functional groups attached to an aromatic ring is 1. The predicted molar refractivity (Wildman–Crippen MR) is 69.4 cm³/mol. The van der Waals surface area contributed by atoms with Crippen LogP contribution >= 0.6 is 27.7 Å². The number of aryl methyl sites for hydroxylation is 1. The van der Waals surface area contributed by atoms with Gasteiger partial charge >= 0.3 is 0 Å². The summed E-state index contributed by atoms with van der Waals surface area (Å²) in [5, 5.41) is 0.554. The van der Waals surface area contributed by atoms with E-state index in [4.69, 9.17) is 5.73 Å². The molecule has 0 amide bonds. The Labute approximate surface area is 111 Å². The van der Waals surface area contributed by atoms with Gasteiger partial charge in [0.25, 0.3) is 0 Å². The fourth-order valence-electron chi connectivity index (χ4n) is 1.21. The van der Waals surface area contributed by atoms with Gasteiger partial charge in [0.05, 0.1) is 4.47 Å². The molecule has 0 aliphatic rings. The van der Waals surface area contributed by atoms with Crippen molar-refractivity contribution in [3.05, 3.63) is 40.4 Å². The van der Waals surface area contributed by atoms with Gasteiger partial charge in [-0.05, 0) is 52.8 Å². The lowest BCUT2D eigenvalue weighted by Crippen LogP contribution is -1.93. The third-order valence-corrected chi connectivity index (χ3v) is 3.59. The van der Waals surface area contributed by atoms with E-state index in [1.807, 2.05) is 6.92 Å². The second-order valence-electron chi connectivity index (χ2n) is 3.39. The molecule has 0 atom stereocenters. The van der Waals surface area contributed by atoms with Gasteiger partial charge in [-0.15, -0.1) is 0 Å². The number of anilines is 1. The Balaban J connectivity index is 2.33. The summed E-state index contributed by atoms with van der Waals surface area (Å²) in [7, 11) is 0. The summed E-state index contributed by atoms with van der Waals surface area (Å²) < 4.78 is 13.7. The highest BCUT2D eigenvalue weighted by Crippen LogP contribution is 2.33. The SMILES string of the molecule is Cc1ccnc(Sc2cc(F)c(Br)cc2N)n1. The highest BCUT2D eigenvalue weighted by molar-refractivity contribution is 9.10. The molecule has 3 nitrogen and oxygen atoms in total. The van der Waals surface area contributed by atoms with E-state index >= 15 is 0 Å². The van der Waals surface area contributed by atoms with Crippen molar-refractivity contribution in [2.75, 3.05) is 5.73 Å². The fourth-order valence-corrected chi connectivity index (χ4v) is 2.41. The van der Waals surface area contributed by atoms with Crippen LogP contribution in [0.3, 0.4) is 0 Å². The highest BCUT2D eigenvalue weighted by atomic mass is 79.9. The lowest BCUT2D eigenvalue weighted by molar-refractivity contribution is 0.618. The van der Waals surface area contributed by atoms with Crippen molar-refractivity contribution in [3.63, 3.8) is 0 Å². The average Bonchev–Trinajstić information content (AvgIpc) is 2.26. The lowest BCUT2D eigenvalue weighted by atomic mass is 10.3. The zero-order valence-corrected chi connectivity index (χ0v) is 11.3. The third-order valence-electron chi connectivity index (χ3n) is 2.03. The van der Waals surface area contributed by atoms with Crippen LogP contribution in [-0.2, 0) is 0 Å². The summed E-state index contributed by atoms with van der Waals surface area (Å²) in [6.07, 6.45) is 1.66. The van der Waals surface area contributed by atoms with Crippen LogP contribution in [0.25, 0.3) is 0 Å². The van der Waals surface area contributed by atoms with E-state index in [1.165, 1.54) is 23.9 Å². The Hall–Kier alpha value is -1.14. The number of halogens is 2. The number of hydrogen-bond donors (Lipinski definition) is 1. The first-order valence-corrected chi connectivity index (χ1v) is 6.39. The summed E-state index contributed by atoms with van der Waals surface area (Å²) in [5.41, 5.74) is 7.16. The van der Waals surface area contributed by atoms with Gasteiger partial charge in [0, 0.05) is 22.5 Å². The number of hydrogen-bond acceptors (Lipinski definition) is 4. The molecule has 1 aromatic carbocycles. The second kappa shape index (κ2) is 5.01. The molecule has 2 aromatic rings. The summed E-state index contributed by atoms with van der Waals surface area (Å²) in [6, 6.07) is 4.71. The molecule has 0 bridgehead atoms. The van der Waals surface area contributed by atoms with E-state index in [0.717, 1.165) is 5.69 Å². The minimum Gasteiger partial charge on any atom is -0.398 e. The zero-order valence-electron chi connectivity index (χ0n) is 8.95. The topological polar surface area (TPSA) is 51.8 Å². The van der Waals surface area contributed by atoms with Crippen LogP contribution in [0.1, 0.15) is 5.69 Å². The standard InChI is InChI=1S/C11H9BrFN3S/c1-6-2-3-15-11(16-6)17-10-5-8(13)7(12)4-9(10)14/h2-5H,14H2,1H3. The number of benzene rings is 1. The van der Waals surface area contributed by atoms with Crippen LogP contribution in [-0.4, -0.2) is 9.97 Å². The minimum absolute atomic E-state index is 0.351. The molecule has 17 heavy (non-hydrogen) atoms. The van der Waals surface area contributed by atoms with Crippen LogP contribution in [0.4, 0.5) is 10.1 Å². The van der Waals surface area contributed by atoms with Gasteiger partial charge in [0.2, 0.25) is 0 Å². The van der Waals surface area contributed by atoms with Crippen LogP contribution in [0.15, 0.2) is 38.9 Å². The number of aromatic nitrogens is 2. The van der Waals surface area contributed by atoms with Gasteiger partial charge in [0.15, 0.2) is 5.16 Å². The van der Waals surface area contributed by atoms with E-state index < -0.39 is 0 Å². The average molecular weight is 314 g/mol. The maximum atomic E-state index is 13.4. The predicted octanol–water partition coefficient (Wildman–Crippen LogP) is 3.42. The van der Waals surface area contributed by atoms with E-state index in [9.17, 15) is 4.39 Å². The molecule has 2 rings (SSSR count). The molecule has 0 aliphatic carbocycles. The molecule has 0 aliphatic heterocycles. The number of rotatable bonds is 2. The molecule has 2 N–H and O–H groups in total. The summed E-state index contributed by atoms with van der Waals surface area (Å²) in [6.45, 7) is 1.87. The monoisotopic (exact) mass is 313 g/mol. The Morgan fingerprint density at radius 1 is 1.41 bits per heavy atom. The van der Waals surface area contributed by atoms with E-state index in [-0.39, 0.29) is 5.82 Å². The van der Waals surface area contributed by atoms with Crippen molar-refractivity contribution in [3.8, 4) is 0 Å². The van der Waals surface area contributed by atoms with Crippen LogP contribution < -0.4 is 5.73 Å². The first-order valence-electron chi connectivity index (χ1n) is 4.78. The maximum Gasteiger partial charge on any atom is 0.192 e. The largest absolute Gasteiger partial charge is 0.398 e. The second-order valence-corrected chi connectivity index (χ2v) is 5.25. The molecule has 0 fully saturated rings. The van der Waals surface area contributed by atoms with Gasteiger partial charge in [-0.3, -0.25) is 0 Å². The molecule has 0 saturated heterocycles. The molecule has 0 radical (unpaired) electrons. The third kappa shape index (κ3) is 2.95. The van der Waals surface area contributed by atoms with Crippen molar-refractivity contribution >= 4 is 33.4 Å². The molecular formula is C11H9BrFN3S. The van der Waals surface area contributed by atoms with Gasteiger partial charge in [-0.1, -0.05) is 0 Å². The van der Waals surface area contributed by atoms with Crippen molar-refractivity contribution in [2.45, 2.75) is 17.0 Å². The molecular weight excluding hydrogens is 305 g/mol. The molecule has 1 aromatic heterocycles. The molecule has 0 saturated carbocycles. The van der Waals surface area contributed by atoms with E-state index in [0.29, 0.717) is 20.2 Å². The number of nitrogens with zero attached hydrogens (tertiary/aromatic N) is 2. The Morgan fingerprint density at radius 2 is 2.18 bits per heavy atom. The van der Waals surface area contributed by atoms with Crippen molar-refractivity contribution in [1.82, 2.24) is 9.97 Å². The van der Waals surface area contributed by atoms with Crippen LogP contribution in [0, 0.1) is 12.7 Å². The van der Waals surface area contributed by atoms with Crippen molar-refractivity contribution in [2.24, 2.45) is 0 Å². The van der Waals surface area contributed by atoms with Gasteiger partial charge < -0.3 is 5.73 Å². The lowest BCUT2D eigenvalue weighted by Gasteiger charge is -2.06. The van der Waals surface area contributed by atoms with Crippen molar-refractivity contribution in [1.29, 1.82) is 0 Å². The zero-order chi connectivity index (χ0) is 12.4. The molecule has 0 unspecified atom stereocenters. The minimum atomic E-state index is -0.352. The Morgan fingerprint density at radius 3 is 2.88 bits per heavy atom. The highest BCUT2D eigenvalue weighted by Gasteiger charge is 2.09. The maximum absolute atomic E-state index is 13.4. The Bertz CT molecular complexity index is 562. The molecule has 6 heteroatoms. The normalized spacial score (nSPS) is 10.5. The van der Waals surface area contributed by atoms with Crippen LogP contribution in [0.2, 0.25) is 0 Å². The summed E-state index contributed by atoms with van der Waals surface area (Å²) >= 11 is 4.32. The number of nitrogens with two attached hydrogens (primary N) is 1. The molecule has 1 heterocycles. The Kier molecular flexibility index (Phi) is 3.63. The molecule has 0 spiro atoms. The summed E-state index contributed by atoms with van der Waals surface area (Å²) in [4.78, 5) is 8.92. The van der Waals surface area contributed by atoms with Crippen molar-refractivity contribution < 1.29 is 4.39 Å². The van der Waals surface area contributed by atoms with Crippen LogP contribution in [0.5, 0.6) is 0 Å². The van der Waals surface area contributed by atoms with Gasteiger partial charge in [0.1, 0.15) is 5.82 Å². The quantitative estimate of drug-likeness (QED) is 0.682.